The number of nitrogen functional groups attached to an aromatic ring is 1. The number of carboxylic acid groups (broad SMARTS) is 1. The van der Waals surface area contributed by atoms with E-state index in [1.165, 1.54) is 26.4 Å². The van der Waals surface area contributed by atoms with Gasteiger partial charge < -0.3 is 25.6 Å². The van der Waals surface area contributed by atoms with Crippen molar-refractivity contribution >= 4 is 17.5 Å². The number of aromatic nitrogens is 4. The highest BCUT2D eigenvalue weighted by atomic mass is 16.5. The van der Waals surface area contributed by atoms with E-state index in [1.54, 1.807) is 48.7 Å². The minimum absolute atomic E-state index is 0.0673. The van der Waals surface area contributed by atoms with Gasteiger partial charge in [0.2, 0.25) is 0 Å². The van der Waals surface area contributed by atoms with Gasteiger partial charge in [-0.1, -0.05) is 12.1 Å². The van der Waals surface area contributed by atoms with Crippen molar-refractivity contribution in [3.8, 4) is 17.3 Å². The molecule has 4 rings (SSSR count). The number of benzene rings is 2. The Labute approximate surface area is 204 Å². The molecule has 12 heteroatoms. The summed E-state index contributed by atoms with van der Waals surface area (Å²) in [6.07, 6.45) is 1.55. The highest BCUT2D eigenvalue weighted by Gasteiger charge is 2.24. The fraction of sp³-hybridized carbons (Fsp3) is 0.125. The molecular formula is C24H23N7O5. The van der Waals surface area contributed by atoms with E-state index in [9.17, 15) is 14.7 Å². The molecule has 0 amide bonds. The molecule has 0 saturated carbocycles. The monoisotopic (exact) mass is 489 g/mol. The normalized spacial score (nSPS) is 11.5. The van der Waals surface area contributed by atoms with Gasteiger partial charge in [-0.3, -0.25) is 10.4 Å². The number of aromatic amines is 1. The third-order valence-corrected chi connectivity index (χ3v) is 5.36. The zero-order valence-corrected chi connectivity index (χ0v) is 19.4. The Morgan fingerprint density at radius 2 is 1.89 bits per heavy atom. The second-order valence-electron chi connectivity index (χ2n) is 7.60. The van der Waals surface area contributed by atoms with Gasteiger partial charge in [-0.15, -0.1) is 5.10 Å². The van der Waals surface area contributed by atoms with Crippen LogP contribution in [-0.4, -0.2) is 50.9 Å². The standard InChI is InChI=1S/C24H23N7O5/c1-35-18-11-14(12-27-22(18)36-2)19(28-15-9-7-13(8-10-15)20(25)26)21-29-24(34)31(30-21)17-6-4-3-5-16(17)23(32)33/h3-12,19,28H,1-2H3,(H3,25,26)(H,32,33)(H,29,30,34). The lowest BCUT2D eigenvalue weighted by atomic mass is 10.1. The molecule has 12 nitrogen and oxygen atoms in total. The number of H-pyrrole nitrogens is 1. The molecule has 2 aromatic heterocycles. The molecule has 0 bridgehead atoms. The van der Waals surface area contributed by atoms with Crippen LogP contribution >= 0.6 is 0 Å². The first-order valence-electron chi connectivity index (χ1n) is 10.6. The predicted molar refractivity (Wildman–Crippen MR) is 131 cm³/mol. The molecule has 1 atom stereocenters. The van der Waals surface area contributed by atoms with Crippen molar-refractivity contribution in [3.63, 3.8) is 0 Å². The van der Waals surface area contributed by atoms with Crippen LogP contribution in [0.3, 0.4) is 0 Å². The number of nitrogens with zero attached hydrogens (tertiary/aromatic N) is 3. The number of amidine groups is 1. The van der Waals surface area contributed by atoms with Crippen LogP contribution in [-0.2, 0) is 0 Å². The minimum Gasteiger partial charge on any atom is -0.491 e. The summed E-state index contributed by atoms with van der Waals surface area (Å²) >= 11 is 0. The van der Waals surface area contributed by atoms with Crippen molar-refractivity contribution in [3.05, 3.63) is 93.8 Å². The quantitative estimate of drug-likeness (QED) is 0.174. The van der Waals surface area contributed by atoms with Gasteiger partial charge in [-0.2, -0.15) is 4.68 Å². The zero-order valence-electron chi connectivity index (χ0n) is 19.4. The van der Waals surface area contributed by atoms with E-state index in [4.69, 9.17) is 20.6 Å². The Hall–Kier alpha value is -5.13. The largest absolute Gasteiger partial charge is 0.491 e. The van der Waals surface area contributed by atoms with Gasteiger partial charge in [0, 0.05) is 23.0 Å². The molecule has 6 N–H and O–H groups in total. The van der Waals surface area contributed by atoms with Crippen LogP contribution in [0.4, 0.5) is 5.69 Å². The number of carbonyl (C=O) groups is 1. The van der Waals surface area contributed by atoms with Crippen molar-refractivity contribution < 1.29 is 19.4 Å². The van der Waals surface area contributed by atoms with Crippen LogP contribution in [0.5, 0.6) is 11.6 Å². The summed E-state index contributed by atoms with van der Waals surface area (Å²) in [5, 5.41) is 24.8. The Balaban J connectivity index is 1.82. The van der Waals surface area contributed by atoms with Crippen molar-refractivity contribution in [2.45, 2.75) is 6.04 Å². The molecule has 2 heterocycles. The third-order valence-electron chi connectivity index (χ3n) is 5.36. The zero-order chi connectivity index (χ0) is 25.8. The van der Waals surface area contributed by atoms with Gasteiger partial charge in [-0.25, -0.2) is 14.6 Å². The Morgan fingerprint density at radius 1 is 1.17 bits per heavy atom. The maximum absolute atomic E-state index is 12.9. The number of nitrogens with one attached hydrogen (secondary N) is 3. The molecule has 1 unspecified atom stereocenters. The van der Waals surface area contributed by atoms with Crippen LogP contribution in [0, 0.1) is 5.41 Å². The number of ether oxygens (including phenoxy) is 2. The Morgan fingerprint density at radius 3 is 2.53 bits per heavy atom. The SMILES string of the molecule is COc1cc(C(Nc2ccc(C(=N)N)cc2)c2nn(-c3ccccc3C(=O)O)c(=O)[nH]2)cnc1OC. The molecule has 0 aliphatic carbocycles. The van der Waals surface area contributed by atoms with Gasteiger partial charge in [0.1, 0.15) is 11.9 Å². The average Bonchev–Trinajstić information content (AvgIpc) is 3.27. The Bertz CT molecular complexity index is 1480. The fourth-order valence-electron chi connectivity index (χ4n) is 3.60. The average molecular weight is 489 g/mol. The first-order chi connectivity index (χ1) is 17.3. The maximum atomic E-state index is 12.9. The number of rotatable bonds is 9. The summed E-state index contributed by atoms with van der Waals surface area (Å²) in [5.41, 5.74) is 6.74. The lowest BCUT2D eigenvalue weighted by molar-refractivity contribution is 0.0696. The molecular weight excluding hydrogens is 466 g/mol. The summed E-state index contributed by atoms with van der Waals surface area (Å²) in [6, 6.07) is 13.8. The Kier molecular flexibility index (Phi) is 6.68. The summed E-state index contributed by atoms with van der Waals surface area (Å²) in [5.74, 6) is -0.412. The maximum Gasteiger partial charge on any atom is 0.348 e. The van der Waals surface area contributed by atoms with Crippen molar-refractivity contribution in [1.29, 1.82) is 5.41 Å². The second-order valence-corrected chi connectivity index (χ2v) is 7.60. The first-order valence-corrected chi connectivity index (χ1v) is 10.6. The highest BCUT2D eigenvalue weighted by molar-refractivity contribution is 5.95. The number of aromatic carboxylic acids is 1. The molecule has 2 aromatic carbocycles. The number of para-hydroxylation sites is 1. The topological polar surface area (TPSA) is 181 Å². The molecule has 184 valence electrons. The lowest BCUT2D eigenvalue weighted by Crippen LogP contribution is -2.18. The van der Waals surface area contributed by atoms with Crippen molar-refractivity contribution in [1.82, 2.24) is 19.7 Å². The number of nitrogens with two attached hydrogens (primary N) is 1. The molecule has 4 aromatic rings. The number of anilines is 1. The molecule has 0 saturated heterocycles. The van der Waals surface area contributed by atoms with Crippen LogP contribution in [0.1, 0.15) is 33.4 Å². The van der Waals surface area contributed by atoms with Crippen LogP contribution < -0.4 is 26.2 Å². The number of hydrogen-bond donors (Lipinski definition) is 5. The summed E-state index contributed by atoms with van der Waals surface area (Å²) < 4.78 is 11.6. The molecule has 0 radical (unpaired) electrons. The van der Waals surface area contributed by atoms with E-state index in [-0.39, 0.29) is 28.8 Å². The molecule has 36 heavy (non-hydrogen) atoms. The fourth-order valence-corrected chi connectivity index (χ4v) is 3.60. The smallest absolute Gasteiger partial charge is 0.348 e. The summed E-state index contributed by atoms with van der Waals surface area (Å²) in [7, 11) is 2.95. The molecule has 0 aliphatic heterocycles. The summed E-state index contributed by atoms with van der Waals surface area (Å²) in [4.78, 5) is 31.6. The van der Waals surface area contributed by atoms with E-state index in [0.29, 0.717) is 22.6 Å². The second kappa shape index (κ2) is 10.0. The number of pyridine rings is 1. The van der Waals surface area contributed by atoms with Gasteiger partial charge in [0.15, 0.2) is 11.6 Å². The first kappa shape index (κ1) is 24.0. The molecule has 0 spiro atoms. The summed E-state index contributed by atoms with van der Waals surface area (Å²) in [6.45, 7) is 0. The van der Waals surface area contributed by atoms with Crippen molar-refractivity contribution in [2.75, 3.05) is 19.5 Å². The minimum atomic E-state index is -1.19. The molecule has 0 fully saturated rings. The van der Waals surface area contributed by atoms with Gasteiger partial charge in [0.05, 0.1) is 25.5 Å². The van der Waals surface area contributed by atoms with E-state index in [1.807, 2.05) is 0 Å². The van der Waals surface area contributed by atoms with E-state index >= 15 is 0 Å². The third kappa shape index (κ3) is 4.73. The lowest BCUT2D eigenvalue weighted by Gasteiger charge is -2.19. The van der Waals surface area contributed by atoms with Crippen LogP contribution in [0.15, 0.2) is 65.6 Å². The van der Waals surface area contributed by atoms with Gasteiger partial charge >= 0.3 is 11.7 Å². The van der Waals surface area contributed by atoms with E-state index in [0.717, 1.165) is 4.68 Å². The predicted octanol–water partition coefficient (Wildman–Crippen LogP) is 2.16. The number of methoxy groups -OCH3 is 2. The van der Waals surface area contributed by atoms with Crippen LogP contribution in [0.2, 0.25) is 0 Å². The highest BCUT2D eigenvalue weighted by Crippen LogP contribution is 2.31. The van der Waals surface area contributed by atoms with E-state index in [2.05, 4.69) is 20.4 Å². The van der Waals surface area contributed by atoms with Gasteiger partial charge in [-0.05, 0) is 42.5 Å². The number of hydrogen-bond acceptors (Lipinski definition) is 8. The molecule has 0 aliphatic rings. The van der Waals surface area contributed by atoms with Gasteiger partial charge in [0.25, 0.3) is 5.88 Å². The van der Waals surface area contributed by atoms with Crippen LogP contribution in [0.25, 0.3) is 5.69 Å². The number of carboxylic acids is 1. The van der Waals surface area contributed by atoms with Crippen molar-refractivity contribution in [2.24, 2.45) is 5.73 Å². The van der Waals surface area contributed by atoms with E-state index < -0.39 is 17.7 Å².